The van der Waals surface area contributed by atoms with Crippen molar-refractivity contribution in [3.05, 3.63) is 94.0 Å². The maximum atomic E-state index is 13.0. The van der Waals surface area contributed by atoms with Gasteiger partial charge in [0, 0.05) is 44.0 Å². The van der Waals surface area contributed by atoms with Gasteiger partial charge in [0.15, 0.2) is 0 Å². The quantitative estimate of drug-likeness (QED) is 0.393. The molecule has 0 radical (unpaired) electrons. The molecule has 0 unspecified atom stereocenters. The molecule has 3 aromatic rings. The number of benzene rings is 3. The number of anilines is 2. The molecule has 1 atom stereocenters. The van der Waals surface area contributed by atoms with E-state index in [0.29, 0.717) is 36.8 Å². The number of aryl methyl sites for hydroxylation is 1. The molecule has 3 aromatic carbocycles. The van der Waals surface area contributed by atoms with Gasteiger partial charge in [-0.05, 0) is 43.7 Å². The van der Waals surface area contributed by atoms with Gasteiger partial charge < -0.3 is 10.2 Å². The Labute approximate surface area is 200 Å². The monoisotopic (exact) mass is 480 g/mol. The van der Waals surface area contributed by atoms with Crippen molar-refractivity contribution < 1.29 is 13.3 Å². The first kappa shape index (κ1) is 23.7. The zero-order valence-electron chi connectivity index (χ0n) is 19.2. The number of hydrogen-bond donors (Lipinski definition) is 1. The van der Waals surface area contributed by atoms with Crippen molar-refractivity contribution in [2.75, 3.05) is 36.4 Å². The van der Waals surface area contributed by atoms with Crippen LogP contribution in [0.1, 0.15) is 24.1 Å². The molecule has 4 rings (SSSR count). The fraction of sp³-hybridized carbons (Fsp3) is 0.280. The lowest BCUT2D eigenvalue weighted by Gasteiger charge is -2.35. The molecular formula is C25H28N4O4S. The molecule has 1 aliphatic rings. The number of hydrogen-bond acceptors (Lipinski definition) is 6. The summed E-state index contributed by atoms with van der Waals surface area (Å²) >= 11 is 0. The van der Waals surface area contributed by atoms with Crippen LogP contribution in [0.2, 0.25) is 0 Å². The van der Waals surface area contributed by atoms with Gasteiger partial charge in [0.1, 0.15) is 5.69 Å². The third kappa shape index (κ3) is 5.05. The van der Waals surface area contributed by atoms with E-state index < -0.39 is 14.9 Å². The van der Waals surface area contributed by atoms with E-state index in [1.54, 1.807) is 36.4 Å². The maximum absolute atomic E-state index is 13.0. The summed E-state index contributed by atoms with van der Waals surface area (Å²) in [4.78, 5) is 13.6. The fourth-order valence-corrected chi connectivity index (χ4v) is 5.52. The minimum absolute atomic E-state index is 0.00659. The molecule has 1 heterocycles. The first-order valence-corrected chi connectivity index (χ1v) is 12.6. The van der Waals surface area contributed by atoms with Crippen LogP contribution in [-0.2, 0) is 10.0 Å². The van der Waals surface area contributed by atoms with Gasteiger partial charge in [-0.15, -0.1) is 0 Å². The number of nitro benzene ring substituents is 1. The molecule has 1 N–H and O–H groups in total. The molecule has 8 nitrogen and oxygen atoms in total. The highest BCUT2D eigenvalue weighted by molar-refractivity contribution is 7.89. The largest absolute Gasteiger partial charge is 0.373 e. The minimum Gasteiger partial charge on any atom is -0.373 e. The van der Waals surface area contributed by atoms with Crippen LogP contribution in [0.3, 0.4) is 0 Å². The van der Waals surface area contributed by atoms with E-state index in [2.05, 4.69) is 10.2 Å². The van der Waals surface area contributed by atoms with Crippen LogP contribution in [0.25, 0.3) is 0 Å². The molecule has 34 heavy (non-hydrogen) atoms. The van der Waals surface area contributed by atoms with Gasteiger partial charge in [-0.3, -0.25) is 10.1 Å². The Bertz CT molecular complexity index is 1260. The molecule has 1 fully saturated rings. The predicted molar refractivity (Wildman–Crippen MR) is 134 cm³/mol. The van der Waals surface area contributed by atoms with Crippen LogP contribution in [0.15, 0.2) is 77.7 Å². The van der Waals surface area contributed by atoms with Crippen molar-refractivity contribution in [3.63, 3.8) is 0 Å². The van der Waals surface area contributed by atoms with E-state index >= 15 is 0 Å². The highest BCUT2D eigenvalue weighted by Crippen LogP contribution is 2.33. The second-order valence-corrected chi connectivity index (χ2v) is 10.4. The molecule has 0 amide bonds. The Morgan fingerprint density at radius 3 is 2.21 bits per heavy atom. The van der Waals surface area contributed by atoms with E-state index in [1.807, 2.05) is 44.2 Å². The summed E-state index contributed by atoms with van der Waals surface area (Å²) in [7, 11) is -3.55. The summed E-state index contributed by atoms with van der Waals surface area (Å²) in [6.45, 7) is 5.56. The van der Waals surface area contributed by atoms with Crippen LogP contribution < -0.4 is 10.2 Å². The highest BCUT2D eigenvalue weighted by atomic mass is 32.2. The summed E-state index contributed by atoms with van der Waals surface area (Å²) in [5, 5.41) is 14.9. The van der Waals surface area contributed by atoms with Gasteiger partial charge in [-0.2, -0.15) is 4.31 Å². The topological polar surface area (TPSA) is 95.8 Å². The fourth-order valence-electron chi connectivity index (χ4n) is 4.10. The van der Waals surface area contributed by atoms with Crippen molar-refractivity contribution in [1.82, 2.24) is 4.31 Å². The van der Waals surface area contributed by atoms with Crippen LogP contribution >= 0.6 is 0 Å². The van der Waals surface area contributed by atoms with Gasteiger partial charge in [0.05, 0.1) is 9.82 Å². The molecule has 0 bridgehead atoms. The molecule has 178 valence electrons. The van der Waals surface area contributed by atoms with Gasteiger partial charge in [-0.25, -0.2) is 8.42 Å². The van der Waals surface area contributed by atoms with E-state index in [9.17, 15) is 18.5 Å². The summed E-state index contributed by atoms with van der Waals surface area (Å²) in [6, 6.07) is 21.5. The Morgan fingerprint density at radius 1 is 0.941 bits per heavy atom. The highest BCUT2D eigenvalue weighted by Gasteiger charge is 2.29. The molecular weight excluding hydrogens is 452 g/mol. The van der Waals surface area contributed by atoms with Crippen molar-refractivity contribution in [3.8, 4) is 0 Å². The average Bonchev–Trinajstić information content (AvgIpc) is 2.84. The second kappa shape index (κ2) is 9.82. The standard InChI is InChI=1S/C25H28N4O4S/c1-19-8-11-23(12-9-19)34(32,33)28-16-14-27(15-17-28)22-10-13-25(29(30)31)24(18-22)26-20(2)21-6-4-3-5-7-21/h3-13,18,20,26H,14-17H2,1-2H3/t20-/m0/s1. The van der Waals surface area contributed by atoms with Gasteiger partial charge in [0.25, 0.3) is 5.69 Å². The molecule has 9 heteroatoms. The number of nitrogens with zero attached hydrogens (tertiary/aromatic N) is 3. The normalized spacial score (nSPS) is 15.6. The first-order chi connectivity index (χ1) is 16.3. The molecule has 1 aliphatic heterocycles. The Kier molecular flexibility index (Phi) is 6.85. The molecule has 0 spiro atoms. The van der Waals surface area contributed by atoms with E-state index in [0.717, 1.165) is 16.8 Å². The average molecular weight is 481 g/mol. The van der Waals surface area contributed by atoms with Crippen LogP contribution in [0, 0.1) is 17.0 Å². The number of rotatable bonds is 7. The third-order valence-electron chi connectivity index (χ3n) is 6.11. The van der Waals surface area contributed by atoms with E-state index in [1.165, 1.54) is 10.4 Å². The lowest BCUT2D eigenvalue weighted by Crippen LogP contribution is -2.48. The smallest absolute Gasteiger partial charge is 0.292 e. The van der Waals surface area contributed by atoms with Gasteiger partial charge in [0.2, 0.25) is 10.0 Å². The summed E-state index contributed by atoms with van der Waals surface area (Å²) in [5.41, 5.74) is 3.30. The van der Waals surface area contributed by atoms with Crippen molar-refractivity contribution in [2.24, 2.45) is 0 Å². The van der Waals surface area contributed by atoms with Crippen LogP contribution in [0.5, 0.6) is 0 Å². The summed E-state index contributed by atoms with van der Waals surface area (Å²) in [5.74, 6) is 0. The zero-order chi connectivity index (χ0) is 24.3. The van der Waals surface area contributed by atoms with Crippen molar-refractivity contribution >= 4 is 27.1 Å². The minimum atomic E-state index is -3.55. The lowest BCUT2D eigenvalue weighted by molar-refractivity contribution is -0.384. The molecule has 0 aromatic heterocycles. The van der Waals surface area contributed by atoms with Crippen LogP contribution in [-0.4, -0.2) is 43.8 Å². The second-order valence-electron chi connectivity index (χ2n) is 8.44. The Morgan fingerprint density at radius 2 is 1.59 bits per heavy atom. The molecule has 0 saturated carbocycles. The van der Waals surface area contributed by atoms with E-state index in [-0.39, 0.29) is 11.7 Å². The SMILES string of the molecule is Cc1ccc(S(=O)(=O)N2CCN(c3ccc([N+](=O)[O-])c(N[C@@H](C)c4ccccc4)c3)CC2)cc1. The predicted octanol–water partition coefficient (Wildman–Crippen LogP) is 4.59. The number of nitro groups is 1. The number of nitrogens with one attached hydrogen (secondary N) is 1. The van der Waals surface area contributed by atoms with Crippen LogP contribution in [0.4, 0.5) is 17.1 Å². The van der Waals surface area contributed by atoms with E-state index in [4.69, 9.17) is 0 Å². The Hall–Kier alpha value is -3.43. The first-order valence-electron chi connectivity index (χ1n) is 11.2. The summed E-state index contributed by atoms with van der Waals surface area (Å²) < 4.78 is 27.5. The molecule has 0 aliphatic carbocycles. The maximum Gasteiger partial charge on any atom is 0.292 e. The summed E-state index contributed by atoms with van der Waals surface area (Å²) in [6.07, 6.45) is 0. The third-order valence-corrected chi connectivity index (χ3v) is 8.02. The van der Waals surface area contributed by atoms with Gasteiger partial charge >= 0.3 is 0 Å². The Balaban J connectivity index is 1.50. The zero-order valence-corrected chi connectivity index (χ0v) is 20.0. The number of sulfonamides is 1. The molecule has 1 saturated heterocycles. The lowest BCUT2D eigenvalue weighted by atomic mass is 10.1. The van der Waals surface area contributed by atoms with Gasteiger partial charge in [-0.1, -0.05) is 48.0 Å². The van der Waals surface area contributed by atoms with Crippen molar-refractivity contribution in [1.29, 1.82) is 0 Å². The number of piperazine rings is 1. The van der Waals surface area contributed by atoms with Crippen molar-refractivity contribution in [2.45, 2.75) is 24.8 Å².